The Bertz CT molecular complexity index is 1260. The van der Waals surface area contributed by atoms with Crippen molar-refractivity contribution in [3.63, 3.8) is 0 Å². The molecule has 0 unspecified atom stereocenters. The lowest BCUT2D eigenvalue weighted by molar-refractivity contribution is -0.160. The Labute approximate surface area is 235 Å². The molecule has 0 amide bonds. The number of rotatable bonds is 11. The van der Waals surface area contributed by atoms with E-state index in [0.717, 1.165) is 24.2 Å². The largest absolute Gasteiger partial charge is 0.456 e. The van der Waals surface area contributed by atoms with Crippen LogP contribution in [0.15, 0.2) is 78.4 Å². The van der Waals surface area contributed by atoms with Crippen LogP contribution in [-0.4, -0.2) is 28.1 Å². The Morgan fingerprint density at radius 3 is 2.08 bits per heavy atom. The summed E-state index contributed by atoms with van der Waals surface area (Å²) >= 11 is 0. The number of aryl methyl sites for hydroxylation is 4. The first kappa shape index (κ1) is 30.3. The third-order valence-electron chi connectivity index (χ3n) is 7.99. The normalized spacial score (nSPS) is 15.1. The highest BCUT2D eigenvalue weighted by atomic mass is 16.5. The van der Waals surface area contributed by atoms with Crippen molar-refractivity contribution in [2.24, 2.45) is 5.92 Å². The highest BCUT2D eigenvalue weighted by Gasteiger charge is 2.33. The lowest BCUT2D eigenvalue weighted by Crippen LogP contribution is -2.40. The van der Waals surface area contributed by atoms with Crippen molar-refractivity contribution in [3.05, 3.63) is 117 Å². The molecule has 4 heteroatoms. The fraction of sp³-hybridized carbons (Fsp3) is 0.400. The smallest absolute Gasteiger partial charge is 0.312 e. The summed E-state index contributed by atoms with van der Waals surface area (Å²) in [4.78, 5) is 15.8. The Balaban J connectivity index is 2.02. The number of aliphatic hydroxyl groups excluding tert-OH is 1. The molecule has 1 N–H and O–H groups in total. The van der Waals surface area contributed by atoms with Crippen molar-refractivity contribution in [3.8, 4) is 0 Å². The van der Waals surface area contributed by atoms with Gasteiger partial charge in [0.25, 0.3) is 0 Å². The summed E-state index contributed by atoms with van der Waals surface area (Å²) in [7, 11) is 0. The number of hydrogen-bond donors (Lipinski definition) is 1. The fourth-order valence-electron chi connectivity index (χ4n) is 5.22. The van der Waals surface area contributed by atoms with Crippen molar-refractivity contribution in [1.29, 1.82) is 0 Å². The molecular formula is C35H45NO3. The van der Waals surface area contributed by atoms with E-state index in [0.29, 0.717) is 0 Å². The van der Waals surface area contributed by atoms with Gasteiger partial charge in [0.15, 0.2) is 0 Å². The molecule has 3 rings (SSSR count). The van der Waals surface area contributed by atoms with Gasteiger partial charge in [0.2, 0.25) is 0 Å². The summed E-state index contributed by atoms with van der Waals surface area (Å²) < 4.78 is 6.27. The number of benzene rings is 3. The summed E-state index contributed by atoms with van der Waals surface area (Å²) in [6.45, 7) is 17.6. The fourth-order valence-corrected chi connectivity index (χ4v) is 5.22. The van der Waals surface area contributed by atoms with E-state index in [2.05, 4.69) is 75.9 Å². The van der Waals surface area contributed by atoms with Crippen LogP contribution >= 0.6 is 0 Å². The second-order valence-corrected chi connectivity index (χ2v) is 11.0. The minimum atomic E-state index is -0.879. The van der Waals surface area contributed by atoms with Gasteiger partial charge in [0.05, 0.1) is 12.0 Å². The second kappa shape index (κ2) is 13.7. The number of allylic oxidation sites excluding steroid dienone is 1. The van der Waals surface area contributed by atoms with E-state index in [1.807, 2.05) is 50.3 Å². The van der Waals surface area contributed by atoms with Crippen LogP contribution in [0.1, 0.15) is 72.7 Å². The van der Waals surface area contributed by atoms with Gasteiger partial charge in [0, 0.05) is 19.1 Å². The topological polar surface area (TPSA) is 49.8 Å². The lowest BCUT2D eigenvalue weighted by atomic mass is 9.95. The predicted octanol–water partition coefficient (Wildman–Crippen LogP) is 7.56. The Kier molecular flexibility index (Phi) is 10.7. The third kappa shape index (κ3) is 7.68. The Hall–Kier alpha value is -3.21. The van der Waals surface area contributed by atoms with Gasteiger partial charge in [-0.3, -0.25) is 9.69 Å². The zero-order chi connectivity index (χ0) is 28.7. The maximum Gasteiger partial charge on any atom is 0.312 e. The highest BCUT2D eigenvalue weighted by Crippen LogP contribution is 2.31. The van der Waals surface area contributed by atoms with Crippen LogP contribution in [0.25, 0.3) is 0 Å². The monoisotopic (exact) mass is 527 g/mol. The molecule has 0 bridgehead atoms. The zero-order valence-corrected chi connectivity index (χ0v) is 24.9. The van der Waals surface area contributed by atoms with Crippen LogP contribution in [0.4, 0.5) is 0 Å². The van der Waals surface area contributed by atoms with Crippen molar-refractivity contribution >= 4 is 5.97 Å². The van der Waals surface area contributed by atoms with Gasteiger partial charge in [-0.25, -0.2) is 0 Å². The molecule has 0 saturated heterocycles. The van der Waals surface area contributed by atoms with Crippen LogP contribution in [0.5, 0.6) is 0 Å². The van der Waals surface area contributed by atoms with E-state index in [4.69, 9.17) is 4.74 Å². The quantitative estimate of drug-likeness (QED) is 0.206. The van der Waals surface area contributed by atoms with Gasteiger partial charge in [0.1, 0.15) is 6.10 Å². The van der Waals surface area contributed by atoms with Crippen LogP contribution in [0.3, 0.4) is 0 Å². The molecule has 39 heavy (non-hydrogen) atoms. The standard InChI is InChI=1S/C35H45NO3/c1-9-24(3)33(37)28(7)35(38)39-34(30-16-11-10-12-17-30)29(8)36(21-31-18-14-13-15-25(31)4)22-32-26(5)19-23(2)20-27(32)6/h9-20,28-29,33-34,37H,21-22H2,1-8H3/b24-9+/t28-,29-,33-,34-/m0/s1. The lowest BCUT2D eigenvalue weighted by Gasteiger charge is -2.36. The number of hydrogen-bond acceptors (Lipinski definition) is 4. The van der Waals surface area contributed by atoms with E-state index in [9.17, 15) is 9.90 Å². The minimum absolute atomic E-state index is 0.136. The molecule has 0 aliphatic rings. The summed E-state index contributed by atoms with van der Waals surface area (Å²) in [5.74, 6) is -1.08. The summed E-state index contributed by atoms with van der Waals surface area (Å²) in [5, 5.41) is 10.7. The summed E-state index contributed by atoms with van der Waals surface area (Å²) in [6, 6.07) is 22.7. The first-order valence-electron chi connectivity index (χ1n) is 13.9. The van der Waals surface area contributed by atoms with E-state index in [-0.39, 0.29) is 6.04 Å². The van der Waals surface area contributed by atoms with Gasteiger partial charge >= 0.3 is 5.97 Å². The third-order valence-corrected chi connectivity index (χ3v) is 7.99. The Morgan fingerprint density at radius 1 is 0.897 bits per heavy atom. The van der Waals surface area contributed by atoms with E-state index in [1.165, 1.54) is 33.4 Å². The van der Waals surface area contributed by atoms with Gasteiger partial charge < -0.3 is 9.84 Å². The highest BCUT2D eigenvalue weighted by molar-refractivity contribution is 5.73. The number of carbonyl (C=O) groups is 1. The van der Waals surface area contributed by atoms with Crippen molar-refractivity contribution in [2.75, 3.05) is 0 Å². The van der Waals surface area contributed by atoms with Gasteiger partial charge in [-0.05, 0) is 94.3 Å². The van der Waals surface area contributed by atoms with Crippen LogP contribution < -0.4 is 0 Å². The summed E-state index contributed by atoms with van der Waals surface area (Å²) in [5.41, 5.74) is 9.27. The minimum Gasteiger partial charge on any atom is -0.456 e. The first-order valence-corrected chi connectivity index (χ1v) is 13.9. The molecular weight excluding hydrogens is 482 g/mol. The molecule has 3 aromatic rings. The summed E-state index contributed by atoms with van der Waals surface area (Å²) in [6.07, 6.45) is 0.451. The van der Waals surface area contributed by atoms with Crippen LogP contribution in [0.2, 0.25) is 0 Å². The van der Waals surface area contributed by atoms with Gasteiger partial charge in [-0.15, -0.1) is 0 Å². The molecule has 0 radical (unpaired) electrons. The molecule has 0 spiro atoms. The molecule has 0 aromatic heterocycles. The van der Waals surface area contributed by atoms with Crippen molar-refractivity contribution in [1.82, 2.24) is 4.90 Å². The molecule has 4 atom stereocenters. The van der Waals surface area contributed by atoms with Crippen molar-refractivity contribution in [2.45, 2.75) is 86.7 Å². The van der Waals surface area contributed by atoms with Crippen molar-refractivity contribution < 1.29 is 14.6 Å². The average molecular weight is 528 g/mol. The van der Waals surface area contributed by atoms with Gasteiger partial charge in [-0.1, -0.05) is 78.4 Å². The van der Waals surface area contributed by atoms with Gasteiger partial charge in [-0.2, -0.15) is 0 Å². The molecule has 3 aromatic carbocycles. The maximum absolute atomic E-state index is 13.4. The molecule has 4 nitrogen and oxygen atoms in total. The molecule has 0 aliphatic carbocycles. The molecule has 0 aliphatic heterocycles. The van der Waals surface area contributed by atoms with Crippen LogP contribution in [-0.2, 0) is 22.6 Å². The first-order chi connectivity index (χ1) is 18.5. The van der Waals surface area contributed by atoms with Crippen LogP contribution in [0, 0.1) is 33.6 Å². The number of aliphatic hydroxyl groups is 1. The number of ether oxygens (including phenoxy) is 1. The van der Waals surface area contributed by atoms with E-state index >= 15 is 0 Å². The second-order valence-electron chi connectivity index (χ2n) is 11.0. The van der Waals surface area contributed by atoms with E-state index in [1.54, 1.807) is 6.92 Å². The maximum atomic E-state index is 13.4. The predicted molar refractivity (Wildman–Crippen MR) is 160 cm³/mol. The van der Waals surface area contributed by atoms with E-state index < -0.39 is 24.1 Å². The number of carbonyl (C=O) groups excluding carboxylic acids is 1. The number of nitrogens with zero attached hydrogens (tertiary/aromatic N) is 1. The average Bonchev–Trinajstić information content (AvgIpc) is 2.92. The molecule has 0 saturated carbocycles. The Morgan fingerprint density at radius 2 is 1.49 bits per heavy atom. The SMILES string of the molecule is C/C=C(\C)[C@H](O)[C@H](C)C(=O)O[C@H](c1ccccc1)[C@H](C)N(Cc1ccccc1C)Cc1c(C)cc(C)cc1C. The molecule has 208 valence electrons. The molecule has 0 heterocycles. The zero-order valence-electron chi connectivity index (χ0n) is 24.9. The number of esters is 1. The molecule has 0 fully saturated rings.